The number of benzene rings is 1. The summed E-state index contributed by atoms with van der Waals surface area (Å²) in [5.74, 6) is 1.72. The molecule has 130 valence electrons. The van der Waals surface area contributed by atoms with Gasteiger partial charge in [0.25, 0.3) is 0 Å². The van der Waals surface area contributed by atoms with Crippen LogP contribution in [0.25, 0.3) is 5.69 Å². The molecular formula is C17H25N5O2. The minimum atomic E-state index is -0.270. The van der Waals surface area contributed by atoms with Crippen LogP contribution in [0.4, 0.5) is 10.5 Å². The van der Waals surface area contributed by atoms with E-state index in [0.29, 0.717) is 24.5 Å². The van der Waals surface area contributed by atoms with Crippen LogP contribution in [-0.4, -0.2) is 39.1 Å². The Morgan fingerprint density at radius 3 is 2.71 bits per heavy atom. The van der Waals surface area contributed by atoms with Gasteiger partial charge in [0.2, 0.25) is 0 Å². The molecule has 0 saturated heterocycles. The Morgan fingerprint density at radius 2 is 2.08 bits per heavy atom. The molecule has 2 aromatic rings. The molecule has 0 radical (unpaired) electrons. The fourth-order valence-corrected chi connectivity index (χ4v) is 2.55. The lowest BCUT2D eigenvalue weighted by atomic mass is 10.0. The summed E-state index contributed by atoms with van der Waals surface area (Å²) in [5, 5.41) is 19.1. The molecular weight excluding hydrogens is 306 g/mol. The van der Waals surface area contributed by atoms with Crippen LogP contribution in [0.2, 0.25) is 0 Å². The summed E-state index contributed by atoms with van der Waals surface area (Å²) in [4.78, 5) is 16.5. The van der Waals surface area contributed by atoms with Gasteiger partial charge in [0.1, 0.15) is 11.6 Å². The van der Waals surface area contributed by atoms with Gasteiger partial charge >= 0.3 is 6.03 Å². The highest BCUT2D eigenvalue weighted by molar-refractivity contribution is 5.91. The molecule has 1 atom stereocenters. The predicted molar refractivity (Wildman–Crippen MR) is 93.3 cm³/mol. The highest BCUT2D eigenvalue weighted by Gasteiger charge is 2.13. The van der Waals surface area contributed by atoms with Crippen LogP contribution in [0.15, 0.2) is 24.3 Å². The summed E-state index contributed by atoms with van der Waals surface area (Å²) < 4.78 is 1.71. The number of aliphatic hydroxyl groups excluding tert-OH is 1. The quantitative estimate of drug-likeness (QED) is 0.726. The molecule has 3 N–H and O–H groups in total. The second-order valence-electron chi connectivity index (χ2n) is 5.76. The summed E-state index contributed by atoms with van der Waals surface area (Å²) in [6.07, 6.45) is 1.60. The molecule has 2 amide bonds. The lowest BCUT2D eigenvalue weighted by Crippen LogP contribution is -2.33. The van der Waals surface area contributed by atoms with Gasteiger partial charge in [-0.2, -0.15) is 5.10 Å². The van der Waals surface area contributed by atoms with Crippen LogP contribution >= 0.6 is 0 Å². The minimum absolute atomic E-state index is 0.134. The summed E-state index contributed by atoms with van der Waals surface area (Å²) in [5.41, 5.74) is 1.44. The van der Waals surface area contributed by atoms with E-state index in [1.807, 2.05) is 45.0 Å². The van der Waals surface area contributed by atoms with E-state index in [1.54, 1.807) is 4.68 Å². The number of rotatable bonds is 7. The first-order chi connectivity index (χ1) is 11.5. The van der Waals surface area contributed by atoms with Crippen molar-refractivity contribution in [3.05, 3.63) is 35.9 Å². The molecule has 0 aliphatic rings. The number of para-hydroxylation sites is 2. The number of nitrogens with one attached hydrogen (secondary N) is 2. The van der Waals surface area contributed by atoms with Crippen LogP contribution in [0.5, 0.6) is 0 Å². The molecule has 24 heavy (non-hydrogen) atoms. The molecule has 1 unspecified atom stereocenters. The fourth-order valence-electron chi connectivity index (χ4n) is 2.55. The number of aryl methyl sites for hydroxylation is 2. The molecule has 0 aliphatic carbocycles. The molecule has 1 heterocycles. The zero-order valence-corrected chi connectivity index (χ0v) is 14.4. The molecule has 7 nitrogen and oxygen atoms in total. The first-order valence-corrected chi connectivity index (χ1v) is 8.20. The summed E-state index contributed by atoms with van der Waals surface area (Å²) in [6.45, 7) is 6.42. The standard InChI is InChI=1S/C17H25N5O2/c1-4-14(9-10-23)11-18-17(24)20-15-7-5-6-8-16(15)22-13(3)19-12(2)21-22/h5-8,14,23H,4,9-11H2,1-3H3,(H2,18,20,24). The minimum Gasteiger partial charge on any atom is -0.396 e. The van der Waals surface area contributed by atoms with E-state index in [0.717, 1.165) is 17.9 Å². The number of anilines is 1. The highest BCUT2D eigenvalue weighted by Crippen LogP contribution is 2.20. The number of urea groups is 1. The largest absolute Gasteiger partial charge is 0.396 e. The zero-order valence-electron chi connectivity index (χ0n) is 14.4. The van der Waals surface area contributed by atoms with E-state index in [1.165, 1.54) is 0 Å². The first kappa shape index (κ1) is 17.9. The predicted octanol–water partition coefficient (Wildman–Crippen LogP) is 2.41. The lowest BCUT2D eigenvalue weighted by Gasteiger charge is -2.16. The maximum atomic E-state index is 12.2. The van der Waals surface area contributed by atoms with Crippen molar-refractivity contribution in [2.24, 2.45) is 5.92 Å². The van der Waals surface area contributed by atoms with Crippen LogP contribution in [0.1, 0.15) is 31.4 Å². The maximum absolute atomic E-state index is 12.2. The smallest absolute Gasteiger partial charge is 0.319 e. The van der Waals surface area contributed by atoms with E-state index in [9.17, 15) is 4.79 Å². The van der Waals surface area contributed by atoms with Gasteiger partial charge < -0.3 is 15.7 Å². The summed E-state index contributed by atoms with van der Waals surface area (Å²) >= 11 is 0. The number of hydrogen-bond donors (Lipinski definition) is 3. The van der Waals surface area contributed by atoms with E-state index < -0.39 is 0 Å². The van der Waals surface area contributed by atoms with Crippen molar-refractivity contribution in [3.8, 4) is 5.69 Å². The third-order valence-corrected chi connectivity index (χ3v) is 3.92. The molecule has 0 aliphatic heterocycles. The third-order valence-electron chi connectivity index (χ3n) is 3.92. The number of amides is 2. The molecule has 0 saturated carbocycles. The van der Waals surface area contributed by atoms with Crippen LogP contribution in [0, 0.1) is 19.8 Å². The normalized spacial score (nSPS) is 12.0. The van der Waals surface area contributed by atoms with E-state index in [-0.39, 0.29) is 18.6 Å². The van der Waals surface area contributed by atoms with Crippen LogP contribution < -0.4 is 10.6 Å². The molecule has 1 aromatic carbocycles. The number of carbonyl (C=O) groups excluding carboxylic acids is 1. The number of aliphatic hydroxyl groups is 1. The maximum Gasteiger partial charge on any atom is 0.319 e. The average molecular weight is 331 g/mol. The second-order valence-corrected chi connectivity index (χ2v) is 5.76. The molecule has 0 fully saturated rings. The van der Waals surface area contributed by atoms with Crippen molar-refractivity contribution < 1.29 is 9.90 Å². The second kappa shape index (κ2) is 8.44. The third kappa shape index (κ3) is 4.55. The van der Waals surface area contributed by atoms with Gasteiger partial charge in [-0.15, -0.1) is 0 Å². The Morgan fingerprint density at radius 1 is 1.33 bits per heavy atom. The zero-order chi connectivity index (χ0) is 17.5. The Kier molecular flexibility index (Phi) is 6.31. The van der Waals surface area contributed by atoms with Crippen molar-refractivity contribution >= 4 is 11.7 Å². The Balaban J connectivity index is 2.08. The summed E-state index contributed by atoms with van der Waals surface area (Å²) in [6, 6.07) is 7.20. The van der Waals surface area contributed by atoms with Gasteiger partial charge in [-0.25, -0.2) is 14.5 Å². The number of aromatic nitrogens is 3. The lowest BCUT2D eigenvalue weighted by molar-refractivity contribution is 0.238. The Bertz CT molecular complexity index is 683. The van der Waals surface area contributed by atoms with Crippen molar-refractivity contribution in [2.45, 2.75) is 33.6 Å². The van der Waals surface area contributed by atoms with Crippen LogP contribution in [-0.2, 0) is 0 Å². The number of nitrogens with zero attached hydrogens (tertiary/aromatic N) is 3. The SMILES string of the molecule is CCC(CCO)CNC(=O)Nc1ccccc1-n1nc(C)nc1C. The summed E-state index contributed by atoms with van der Waals surface area (Å²) in [7, 11) is 0. The molecule has 0 bridgehead atoms. The van der Waals surface area contributed by atoms with Gasteiger partial charge in [-0.05, 0) is 38.3 Å². The fraction of sp³-hybridized carbons (Fsp3) is 0.471. The van der Waals surface area contributed by atoms with Crippen molar-refractivity contribution in [1.82, 2.24) is 20.1 Å². The monoisotopic (exact) mass is 331 g/mol. The van der Waals surface area contributed by atoms with Gasteiger partial charge in [-0.3, -0.25) is 0 Å². The van der Waals surface area contributed by atoms with E-state index >= 15 is 0 Å². The van der Waals surface area contributed by atoms with Crippen LogP contribution in [0.3, 0.4) is 0 Å². The number of carbonyl (C=O) groups is 1. The molecule has 0 spiro atoms. The molecule has 1 aromatic heterocycles. The van der Waals surface area contributed by atoms with Gasteiger partial charge in [0.15, 0.2) is 0 Å². The van der Waals surface area contributed by atoms with Gasteiger partial charge in [0, 0.05) is 13.2 Å². The van der Waals surface area contributed by atoms with Crippen molar-refractivity contribution in [1.29, 1.82) is 0 Å². The molecule has 2 rings (SSSR count). The average Bonchev–Trinajstić information content (AvgIpc) is 2.90. The van der Waals surface area contributed by atoms with Gasteiger partial charge in [-0.1, -0.05) is 25.5 Å². The van der Waals surface area contributed by atoms with Crippen molar-refractivity contribution in [2.75, 3.05) is 18.5 Å². The van der Waals surface area contributed by atoms with Crippen molar-refractivity contribution in [3.63, 3.8) is 0 Å². The molecule has 7 heteroatoms. The van der Waals surface area contributed by atoms with E-state index in [2.05, 4.69) is 20.7 Å². The van der Waals surface area contributed by atoms with E-state index in [4.69, 9.17) is 5.11 Å². The first-order valence-electron chi connectivity index (χ1n) is 8.20. The highest BCUT2D eigenvalue weighted by atomic mass is 16.3. The Hall–Kier alpha value is -2.41. The number of hydrogen-bond acceptors (Lipinski definition) is 4. The Labute approximate surface area is 142 Å². The topological polar surface area (TPSA) is 92.1 Å². The van der Waals surface area contributed by atoms with Gasteiger partial charge in [0.05, 0.1) is 11.4 Å².